The van der Waals surface area contributed by atoms with E-state index in [1.165, 1.54) is 0 Å². The van der Waals surface area contributed by atoms with E-state index < -0.39 is 30.8 Å². The van der Waals surface area contributed by atoms with E-state index >= 15 is 0 Å². The first-order valence-electron chi connectivity index (χ1n) is 3.26. The van der Waals surface area contributed by atoms with E-state index in [1.807, 2.05) is 0 Å². The van der Waals surface area contributed by atoms with Crippen LogP contribution < -0.4 is 0 Å². The molecule has 0 aromatic carbocycles. The maximum atomic E-state index is 8.56. The van der Waals surface area contributed by atoms with E-state index in [9.17, 15) is 0 Å². The topological polar surface area (TPSA) is 288 Å². The molecule has 0 radical (unpaired) electrons. The van der Waals surface area contributed by atoms with Crippen LogP contribution in [0.5, 0.6) is 0 Å². The summed E-state index contributed by atoms with van der Waals surface area (Å²) in [5.41, 5.74) is 0. The Bertz CT molecular complexity index is 251. The van der Waals surface area contributed by atoms with Crippen molar-refractivity contribution in [2.45, 2.75) is 0 Å². The first-order chi connectivity index (χ1) is 8.66. The van der Waals surface area contributed by atoms with Crippen LogP contribution in [0.1, 0.15) is 0 Å². The van der Waals surface area contributed by atoms with Crippen molar-refractivity contribution in [3.8, 4) is 0 Å². The molecule has 0 aliphatic heterocycles. The van der Waals surface area contributed by atoms with Crippen LogP contribution in [-0.4, -0.2) is 1030 Å². The fourth-order valence-corrected chi connectivity index (χ4v) is 0. The Hall–Kier alpha value is 28.4. The number of carboxylic acid groups (broad SMARTS) is 10. The Kier molecular flexibility index (Phi) is 1340. The van der Waals surface area contributed by atoms with Crippen LogP contribution in [0.25, 0.3) is 0 Å². The van der Waals surface area contributed by atoms with Crippen molar-refractivity contribution in [2.24, 2.45) is 0 Å². The van der Waals surface area contributed by atoms with Gasteiger partial charge in [-0.15, -0.1) is 0 Å². The molecule has 15 nitrogen and oxygen atoms in total. The van der Waals surface area contributed by atoms with Crippen molar-refractivity contribution >= 4 is 977 Å². The van der Waals surface area contributed by atoms with Gasteiger partial charge in [-0.25, -0.2) is 24.0 Å². The number of hydrogen-bond acceptors (Lipinski definition) is 5. The second-order valence-corrected chi connectivity index (χ2v) is 1.41. The number of carbonyl (C=O) groups is 5. The van der Waals surface area contributed by atoms with Crippen LogP contribution in [0.2, 0.25) is 0 Å². The molecule has 0 aliphatic rings. The van der Waals surface area contributed by atoms with E-state index in [-0.39, 0.29) is 946 Å². The minimum absolute atomic E-state index is 0. The van der Waals surface area contributed by atoms with Crippen molar-refractivity contribution in [1.29, 1.82) is 0 Å². The number of rotatable bonds is 0. The quantitative estimate of drug-likeness (QED) is 0.101. The molecule has 0 aliphatic carbocycles. The van der Waals surface area contributed by atoms with Crippen molar-refractivity contribution in [3.05, 3.63) is 0 Å². The summed E-state index contributed by atoms with van der Waals surface area (Å²) in [6, 6.07) is 0. The predicted molar refractivity (Wildman–Crippen MR) is 282 cm³/mol. The molecule has 0 aromatic heterocycles. The first kappa shape index (κ1) is 269. The monoisotopic (exact) mass is 1080 g/mol. The third-order valence-electron chi connectivity index (χ3n) is 0. The van der Waals surface area contributed by atoms with Gasteiger partial charge in [-0.1, -0.05) is 0 Å². The molecule has 0 saturated carbocycles. The molecule has 0 aromatic rings. The van der Waals surface area contributed by atoms with Crippen LogP contribution >= 0.6 is 0 Å². The minimum atomic E-state index is -1.83. The summed E-state index contributed by atoms with van der Waals surface area (Å²) >= 11 is 0. The Morgan fingerprint density at radius 1 is 0.135 bits per heavy atom. The van der Waals surface area contributed by atoms with E-state index in [1.54, 1.807) is 0 Å². The van der Waals surface area contributed by atoms with Gasteiger partial charge in [0.1, 0.15) is 0 Å². The van der Waals surface area contributed by atoms with Crippen molar-refractivity contribution < 1.29 is 75.0 Å². The molecule has 0 saturated heterocycles. The van der Waals surface area contributed by atoms with Gasteiger partial charge in [0.15, 0.2) is 0 Å². The van der Waals surface area contributed by atoms with Gasteiger partial charge in [0, 0.05) is 0 Å². The molecule has 10 N–H and O–H groups in total. The van der Waals surface area contributed by atoms with Gasteiger partial charge >= 0.3 is 977 Å². The van der Waals surface area contributed by atoms with Crippen LogP contribution in [0.3, 0.4) is 0 Å². The standard InChI is InChI=1S/5CH2O3.32Na.32H/c5*2-1(3)4;;;;;;;;;;;;;;;;;;;;;;;;;;;;;;;;;;;;;;;;;;;;;;;;;;;;;;;;;;;;;;;;/h5*(H2,2,3,4);;;;;;;;;;;;;;;;;;;;;;;;;;;;;;;;;;;;;;;;;;;;;;;;;;;;;;;;;;;;;;;;. The average molecular weight is 1080 g/mol. The predicted octanol–water partition coefficient (Wildman–Crippen LogP) is -19.6. The van der Waals surface area contributed by atoms with Gasteiger partial charge < -0.3 is 51.1 Å². The molecular weight excluding hydrogens is 1040 g/mol. The molecule has 0 unspecified atom stereocenters. The SMILES string of the molecule is O=C(O)O.O=C(O)O.O=C(O)O.O=C(O)O.O=C(O)O.[NaH].[NaH].[NaH].[NaH].[NaH].[NaH].[NaH].[NaH].[NaH].[NaH].[NaH].[NaH].[NaH].[NaH].[NaH].[NaH].[NaH].[NaH].[NaH].[NaH].[NaH].[NaH].[NaH].[NaH].[NaH].[NaH].[NaH].[NaH].[NaH].[NaH].[NaH].[NaH]. The summed E-state index contributed by atoms with van der Waals surface area (Å²) in [6.07, 6.45) is -9.17. The molecule has 0 spiro atoms. The van der Waals surface area contributed by atoms with E-state index in [4.69, 9.17) is 75.0 Å². The van der Waals surface area contributed by atoms with Gasteiger partial charge in [0.05, 0.1) is 0 Å². The van der Waals surface area contributed by atoms with Gasteiger partial charge in [-0.2, -0.15) is 0 Å². The van der Waals surface area contributed by atoms with Gasteiger partial charge in [-0.05, 0) is 0 Å². The Morgan fingerprint density at radius 3 is 0.135 bits per heavy atom. The van der Waals surface area contributed by atoms with E-state index in [2.05, 4.69) is 0 Å². The zero-order chi connectivity index (χ0) is 17.9. The molecule has 0 fully saturated rings. The second kappa shape index (κ2) is 259. The molecule has 0 rings (SSSR count). The second-order valence-electron chi connectivity index (χ2n) is 1.41. The molecule has 0 bridgehead atoms. The number of hydrogen-bond donors (Lipinski definition) is 10. The van der Waals surface area contributed by atoms with Crippen molar-refractivity contribution in [1.82, 2.24) is 0 Å². The summed E-state index contributed by atoms with van der Waals surface area (Å²) in [4.78, 5) is 42.8. The Balaban J connectivity index is -0.00000000134. The molecule has 52 heavy (non-hydrogen) atoms. The van der Waals surface area contributed by atoms with Crippen LogP contribution in [-0.2, 0) is 0 Å². The zero-order valence-corrected chi connectivity index (χ0v) is 9.01. The van der Waals surface area contributed by atoms with Crippen molar-refractivity contribution in [3.63, 3.8) is 0 Å². The summed E-state index contributed by atoms with van der Waals surface area (Å²) < 4.78 is 0. The van der Waals surface area contributed by atoms with Gasteiger partial charge in [0.2, 0.25) is 0 Å². The fraction of sp³-hybridized carbons (Fsp3) is 0. The normalized spacial score (nSPS) is 2.31. The van der Waals surface area contributed by atoms with Crippen LogP contribution in [0.4, 0.5) is 24.0 Å². The summed E-state index contributed by atoms with van der Waals surface area (Å²) in [5, 5.41) is 69.7. The fourth-order valence-electron chi connectivity index (χ4n) is 0. The summed E-state index contributed by atoms with van der Waals surface area (Å²) in [7, 11) is 0. The zero-order valence-electron chi connectivity index (χ0n) is 9.01. The first-order valence-corrected chi connectivity index (χ1v) is 3.26. The van der Waals surface area contributed by atoms with E-state index in [0.717, 1.165) is 0 Å². The molecule has 0 amide bonds. The average Bonchev–Trinajstić information content (AvgIpc) is 1.94. The maximum absolute atomic E-state index is 8.56. The molecule has 0 atom stereocenters. The molecule has 184 valence electrons. The van der Waals surface area contributed by atoms with Crippen LogP contribution in [0.15, 0.2) is 0 Å². The summed E-state index contributed by atoms with van der Waals surface area (Å²) in [5.74, 6) is 0. The van der Waals surface area contributed by atoms with Crippen LogP contribution in [0, 0.1) is 0 Å². The Morgan fingerprint density at radius 2 is 0.135 bits per heavy atom. The van der Waals surface area contributed by atoms with Crippen molar-refractivity contribution in [2.75, 3.05) is 0 Å². The Labute approximate surface area is 1020 Å². The van der Waals surface area contributed by atoms with Gasteiger partial charge in [-0.3, -0.25) is 0 Å². The molecule has 0 heterocycles. The molecular formula is C5H42Na32O15. The summed E-state index contributed by atoms with van der Waals surface area (Å²) in [6.45, 7) is 0. The third kappa shape index (κ3) is 583. The van der Waals surface area contributed by atoms with E-state index in [0.29, 0.717) is 0 Å². The molecule has 47 heteroatoms. The third-order valence-corrected chi connectivity index (χ3v) is 0. The van der Waals surface area contributed by atoms with Gasteiger partial charge in [0.25, 0.3) is 0 Å².